The third kappa shape index (κ3) is 3.10. The van der Waals surface area contributed by atoms with E-state index >= 15 is 0 Å². The summed E-state index contributed by atoms with van der Waals surface area (Å²) in [6, 6.07) is 8.34. The highest BCUT2D eigenvalue weighted by Crippen LogP contribution is 2.23. The van der Waals surface area contributed by atoms with Crippen LogP contribution in [0.4, 0.5) is 6.01 Å². The van der Waals surface area contributed by atoms with E-state index in [2.05, 4.69) is 32.1 Å². The van der Waals surface area contributed by atoms with Gasteiger partial charge in [0.15, 0.2) is 0 Å². The predicted molar refractivity (Wildman–Crippen MR) is 93.0 cm³/mol. The number of aromatic nitrogens is 4. The van der Waals surface area contributed by atoms with Gasteiger partial charge in [0, 0.05) is 32.4 Å². The maximum Gasteiger partial charge on any atom is 0.315 e. The van der Waals surface area contributed by atoms with Gasteiger partial charge in [-0.1, -0.05) is 35.9 Å². The summed E-state index contributed by atoms with van der Waals surface area (Å²) in [7, 11) is 5.65. The van der Waals surface area contributed by atoms with Crippen LogP contribution in [0.3, 0.4) is 0 Å². The molecule has 1 aromatic carbocycles. The molecule has 1 N–H and O–H groups in total. The van der Waals surface area contributed by atoms with Crippen LogP contribution in [-0.4, -0.2) is 46.2 Å². The Morgan fingerprint density at radius 1 is 1.08 bits per heavy atom. The molecule has 2 aromatic heterocycles. The molecule has 7 heteroatoms. The van der Waals surface area contributed by atoms with E-state index in [1.165, 1.54) is 0 Å². The number of nitrogens with one attached hydrogen (secondary N) is 1. The second-order valence-electron chi connectivity index (χ2n) is 5.37. The summed E-state index contributed by atoms with van der Waals surface area (Å²) in [6.07, 6.45) is 3.30. The summed E-state index contributed by atoms with van der Waals surface area (Å²) in [6.45, 7) is 4.06. The van der Waals surface area contributed by atoms with E-state index in [1.807, 2.05) is 43.3 Å². The van der Waals surface area contributed by atoms with Crippen LogP contribution in [0.1, 0.15) is 5.56 Å². The SMILES string of the molecule is C=C(c1ccc(-c2cncc(-c3nnc(NC)o3)n2)cc1)N(C)C. The zero-order chi connectivity index (χ0) is 17.1. The van der Waals surface area contributed by atoms with E-state index in [9.17, 15) is 0 Å². The van der Waals surface area contributed by atoms with Gasteiger partial charge in [-0.25, -0.2) is 4.98 Å². The summed E-state index contributed by atoms with van der Waals surface area (Å²) < 4.78 is 5.43. The smallest absolute Gasteiger partial charge is 0.315 e. The standard InChI is InChI=1S/C17H18N6O/c1-11(23(3)4)12-5-7-13(8-6-12)14-9-19-10-15(20-14)16-21-22-17(18-2)24-16/h5-10H,1H2,2-4H3,(H,18,22). The maximum absolute atomic E-state index is 5.43. The zero-order valence-electron chi connectivity index (χ0n) is 13.8. The number of rotatable bonds is 5. The Kier molecular flexibility index (Phi) is 4.24. The highest BCUT2D eigenvalue weighted by molar-refractivity contribution is 5.67. The molecule has 0 spiro atoms. The monoisotopic (exact) mass is 322 g/mol. The van der Waals surface area contributed by atoms with Crippen LogP contribution in [0.15, 0.2) is 47.7 Å². The first-order chi connectivity index (χ1) is 11.6. The lowest BCUT2D eigenvalue weighted by atomic mass is 10.1. The molecule has 0 atom stereocenters. The van der Waals surface area contributed by atoms with Crippen LogP contribution in [0, 0.1) is 0 Å². The molecule has 0 fully saturated rings. The van der Waals surface area contributed by atoms with Gasteiger partial charge in [0.1, 0.15) is 5.69 Å². The molecule has 122 valence electrons. The first-order valence-corrected chi connectivity index (χ1v) is 7.39. The van der Waals surface area contributed by atoms with Crippen molar-refractivity contribution in [1.82, 2.24) is 25.1 Å². The van der Waals surface area contributed by atoms with E-state index in [4.69, 9.17) is 4.42 Å². The molecule has 3 aromatic rings. The molecule has 0 aliphatic rings. The highest BCUT2D eigenvalue weighted by atomic mass is 16.4. The Hall–Kier alpha value is -3.22. The Labute approximate surface area is 140 Å². The number of nitrogens with zero attached hydrogens (tertiary/aromatic N) is 5. The van der Waals surface area contributed by atoms with Gasteiger partial charge in [0.25, 0.3) is 5.89 Å². The molecule has 7 nitrogen and oxygen atoms in total. The van der Waals surface area contributed by atoms with Crippen LogP contribution in [0.5, 0.6) is 0 Å². The Balaban J connectivity index is 1.90. The van der Waals surface area contributed by atoms with Gasteiger partial charge in [0.05, 0.1) is 18.1 Å². The first-order valence-electron chi connectivity index (χ1n) is 7.39. The minimum atomic E-state index is 0.325. The molecule has 0 saturated heterocycles. The minimum absolute atomic E-state index is 0.325. The van der Waals surface area contributed by atoms with Crippen molar-refractivity contribution >= 4 is 11.7 Å². The van der Waals surface area contributed by atoms with Crippen molar-refractivity contribution < 1.29 is 4.42 Å². The van der Waals surface area contributed by atoms with Crippen LogP contribution in [0.25, 0.3) is 28.5 Å². The van der Waals surface area contributed by atoms with E-state index < -0.39 is 0 Å². The van der Waals surface area contributed by atoms with Crippen molar-refractivity contribution in [1.29, 1.82) is 0 Å². The van der Waals surface area contributed by atoms with Crippen LogP contribution >= 0.6 is 0 Å². The average Bonchev–Trinajstić information content (AvgIpc) is 3.10. The fourth-order valence-electron chi connectivity index (χ4n) is 2.13. The molecular formula is C17H18N6O. The van der Waals surface area contributed by atoms with Crippen molar-refractivity contribution in [3.8, 4) is 22.8 Å². The van der Waals surface area contributed by atoms with Crippen LogP contribution < -0.4 is 5.32 Å². The van der Waals surface area contributed by atoms with Crippen molar-refractivity contribution in [2.45, 2.75) is 0 Å². The highest BCUT2D eigenvalue weighted by Gasteiger charge is 2.11. The van der Waals surface area contributed by atoms with E-state index in [1.54, 1.807) is 19.4 Å². The fourth-order valence-corrected chi connectivity index (χ4v) is 2.13. The number of hydrogen-bond donors (Lipinski definition) is 1. The van der Waals surface area contributed by atoms with Crippen molar-refractivity contribution in [2.24, 2.45) is 0 Å². The molecule has 0 amide bonds. The lowest BCUT2D eigenvalue weighted by Gasteiger charge is -2.15. The van der Waals surface area contributed by atoms with E-state index in [0.717, 1.165) is 22.5 Å². The first kappa shape index (κ1) is 15.7. The number of benzene rings is 1. The Bertz CT molecular complexity index is 854. The third-order valence-corrected chi connectivity index (χ3v) is 3.55. The average molecular weight is 322 g/mol. The number of anilines is 1. The van der Waals surface area contributed by atoms with E-state index in [0.29, 0.717) is 17.6 Å². The van der Waals surface area contributed by atoms with Crippen molar-refractivity contribution in [3.63, 3.8) is 0 Å². The van der Waals surface area contributed by atoms with E-state index in [-0.39, 0.29) is 0 Å². The molecule has 0 unspecified atom stereocenters. The van der Waals surface area contributed by atoms with Gasteiger partial charge in [-0.05, 0) is 5.56 Å². The molecule has 0 aliphatic heterocycles. The Morgan fingerprint density at radius 3 is 2.42 bits per heavy atom. The zero-order valence-corrected chi connectivity index (χ0v) is 13.8. The summed E-state index contributed by atoms with van der Waals surface area (Å²) in [5.74, 6) is 0.325. The molecule has 3 rings (SSSR count). The molecule has 2 heterocycles. The molecule has 24 heavy (non-hydrogen) atoms. The second-order valence-corrected chi connectivity index (χ2v) is 5.37. The topological polar surface area (TPSA) is 80.0 Å². The van der Waals surface area contributed by atoms with Crippen LogP contribution in [-0.2, 0) is 0 Å². The molecule has 0 aliphatic carbocycles. The quantitative estimate of drug-likeness (QED) is 0.773. The number of hydrogen-bond acceptors (Lipinski definition) is 7. The maximum atomic E-state index is 5.43. The lowest BCUT2D eigenvalue weighted by molar-refractivity contribution is 0.582. The second kappa shape index (κ2) is 6.49. The van der Waals surface area contributed by atoms with Gasteiger partial charge in [-0.2, -0.15) is 0 Å². The summed E-state index contributed by atoms with van der Waals surface area (Å²) in [5.41, 5.74) is 4.23. The van der Waals surface area contributed by atoms with Gasteiger partial charge in [-0.3, -0.25) is 4.98 Å². The van der Waals surface area contributed by atoms with Crippen molar-refractivity contribution in [2.75, 3.05) is 26.5 Å². The fraction of sp³-hybridized carbons (Fsp3) is 0.176. The third-order valence-electron chi connectivity index (χ3n) is 3.55. The molecule has 0 radical (unpaired) electrons. The normalized spacial score (nSPS) is 10.5. The summed E-state index contributed by atoms with van der Waals surface area (Å²) in [5, 5.41) is 10.6. The van der Waals surface area contributed by atoms with Crippen LogP contribution in [0.2, 0.25) is 0 Å². The summed E-state index contributed by atoms with van der Waals surface area (Å²) >= 11 is 0. The van der Waals surface area contributed by atoms with Gasteiger partial charge >= 0.3 is 6.01 Å². The van der Waals surface area contributed by atoms with Gasteiger partial charge in [0.2, 0.25) is 0 Å². The minimum Gasteiger partial charge on any atom is -0.402 e. The largest absolute Gasteiger partial charge is 0.402 e. The van der Waals surface area contributed by atoms with Crippen molar-refractivity contribution in [3.05, 3.63) is 48.8 Å². The molecule has 0 bridgehead atoms. The Morgan fingerprint density at radius 2 is 1.79 bits per heavy atom. The molecular weight excluding hydrogens is 304 g/mol. The summed E-state index contributed by atoms with van der Waals surface area (Å²) in [4.78, 5) is 10.7. The van der Waals surface area contributed by atoms with Gasteiger partial charge < -0.3 is 14.6 Å². The molecule has 0 saturated carbocycles. The van der Waals surface area contributed by atoms with Gasteiger partial charge in [-0.15, -0.1) is 5.10 Å². The predicted octanol–water partition coefficient (Wildman–Crippen LogP) is 2.77. The lowest BCUT2D eigenvalue weighted by Crippen LogP contribution is -2.08.